The maximum absolute atomic E-state index is 13.3. The van der Waals surface area contributed by atoms with Gasteiger partial charge in [-0.05, 0) is 42.8 Å². The minimum Gasteiger partial charge on any atom is -0.396 e. The van der Waals surface area contributed by atoms with Crippen molar-refractivity contribution in [1.29, 1.82) is 5.26 Å². The van der Waals surface area contributed by atoms with E-state index in [1.807, 2.05) is 6.07 Å². The summed E-state index contributed by atoms with van der Waals surface area (Å²) in [7, 11) is -4.14. The zero-order valence-corrected chi connectivity index (χ0v) is 17.6. The lowest BCUT2D eigenvalue weighted by atomic mass is 10.2. The Balaban J connectivity index is 2.06. The third-order valence-corrected chi connectivity index (χ3v) is 6.28. The molecule has 0 bridgehead atoms. The molecule has 3 N–H and O–H groups in total. The van der Waals surface area contributed by atoms with Crippen LogP contribution in [0.4, 0.5) is 11.5 Å². The van der Waals surface area contributed by atoms with Crippen LogP contribution in [-0.2, 0) is 14.6 Å². The Labute approximate surface area is 179 Å². The SMILES string of the molecule is CC(=O)Nc1ccc(S(=O)(=O)[C@H](C#N)c2nc3ccccc3nc2NCCCO)cc1. The lowest BCUT2D eigenvalue weighted by molar-refractivity contribution is -0.114. The average molecular weight is 439 g/mol. The van der Waals surface area contributed by atoms with Crippen molar-refractivity contribution in [3.63, 3.8) is 0 Å². The molecule has 3 rings (SSSR count). The molecule has 9 nitrogen and oxygen atoms in total. The number of sulfone groups is 1. The summed E-state index contributed by atoms with van der Waals surface area (Å²) in [6.07, 6.45) is 0.419. The molecule has 0 saturated heterocycles. The summed E-state index contributed by atoms with van der Waals surface area (Å²) in [6.45, 7) is 1.63. The second kappa shape index (κ2) is 9.51. The van der Waals surface area contributed by atoms with Gasteiger partial charge >= 0.3 is 0 Å². The van der Waals surface area contributed by atoms with Crippen molar-refractivity contribution in [3.8, 4) is 6.07 Å². The Morgan fingerprint density at radius 2 is 1.77 bits per heavy atom. The molecular formula is C21H21N5O4S. The molecule has 1 heterocycles. The molecule has 2 aromatic carbocycles. The van der Waals surface area contributed by atoms with Gasteiger partial charge in [-0.3, -0.25) is 4.79 Å². The highest BCUT2D eigenvalue weighted by molar-refractivity contribution is 7.92. The number of hydrogen-bond donors (Lipinski definition) is 3. The second-order valence-corrected chi connectivity index (χ2v) is 8.74. The van der Waals surface area contributed by atoms with Gasteiger partial charge in [-0.15, -0.1) is 0 Å². The van der Waals surface area contributed by atoms with E-state index < -0.39 is 15.1 Å². The Morgan fingerprint density at radius 3 is 2.35 bits per heavy atom. The molecule has 31 heavy (non-hydrogen) atoms. The number of carbonyl (C=O) groups is 1. The zero-order chi connectivity index (χ0) is 22.4. The summed E-state index contributed by atoms with van der Waals surface area (Å²) in [4.78, 5) is 20.0. The predicted octanol–water partition coefficient (Wildman–Crippen LogP) is 2.42. The van der Waals surface area contributed by atoms with Crippen molar-refractivity contribution in [2.45, 2.75) is 23.5 Å². The van der Waals surface area contributed by atoms with Crippen LogP contribution in [0.3, 0.4) is 0 Å². The molecule has 0 aliphatic rings. The summed E-state index contributed by atoms with van der Waals surface area (Å²) >= 11 is 0. The Morgan fingerprint density at radius 1 is 1.13 bits per heavy atom. The van der Waals surface area contributed by atoms with E-state index >= 15 is 0 Å². The van der Waals surface area contributed by atoms with Crippen LogP contribution in [0.15, 0.2) is 53.4 Å². The van der Waals surface area contributed by atoms with Crippen molar-refractivity contribution in [1.82, 2.24) is 9.97 Å². The van der Waals surface area contributed by atoms with Crippen molar-refractivity contribution >= 4 is 38.3 Å². The van der Waals surface area contributed by atoms with Gasteiger partial charge in [0.2, 0.25) is 15.7 Å². The van der Waals surface area contributed by atoms with Crippen LogP contribution in [0, 0.1) is 11.3 Å². The van der Waals surface area contributed by atoms with Crippen LogP contribution in [0.25, 0.3) is 11.0 Å². The first-order chi connectivity index (χ1) is 14.9. The molecule has 1 aromatic heterocycles. The maximum atomic E-state index is 13.3. The van der Waals surface area contributed by atoms with Crippen LogP contribution < -0.4 is 10.6 Å². The van der Waals surface area contributed by atoms with Gasteiger partial charge in [0.25, 0.3) is 0 Å². The number of benzene rings is 2. The standard InChI is InChI=1S/C21H21N5O4S/c1-14(28)24-15-7-9-16(10-8-15)31(29,30)19(13-22)20-21(23-11-4-12-27)26-18-6-3-2-5-17(18)25-20/h2-3,5-10,19,27H,4,11-12H2,1H3,(H,23,26)(H,24,28)/t19-/m1/s1. The van der Waals surface area contributed by atoms with Gasteiger partial charge in [0, 0.05) is 25.8 Å². The van der Waals surface area contributed by atoms with Crippen LogP contribution in [0.1, 0.15) is 24.3 Å². The highest BCUT2D eigenvalue weighted by Gasteiger charge is 2.33. The molecule has 0 fully saturated rings. The summed E-state index contributed by atoms with van der Waals surface area (Å²) in [5.41, 5.74) is 1.44. The normalized spacial score (nSPS) is 12.2. The number of aliphatic hydroxyl groups is 1. The van der Waals surface area contributed by atoms with Crippen molar-refractivity contribution in [2.24, 2.45) is 0 Å². The van der Waals surface area contributed by atoms with Gasteiger partial charge in [0.15, 0.2) is 11.1 Å². The Kier molecular flexibility index (Phi) is 6.79. The number of carbonyl (C=O) groups excluding carboxylic acids is 1. The molecule has 1 amide bonds. The number of aliphatic hydroxyl groups excluding tert-OH is 1. The molecule has 10 heteroatoms. The van der Waals surface area contributed by atoms with Crippen molar-refractivity contribution in [3.05, 3.63) is 54.2 Å². The van der Waals surface area contributed by atoms with E-state index in [0.717, 1.165) is 0 Å². The first-order valence-corrected chi connectivity index (χ1v) is 11.0. The number of fused-ring (bicyclic) bond motifs is 1. The molecule has 0 saturated carbocycles. The van der Waals surface area contributed by atoms with Gasteiger partial charge in [0.05, 0.1) is 22.0 Å². The van der Waals surface area contributed by atoms with Crippen molar-refractivity contribution < 1.29 is 18.3 Å². The molecule has 1 atom stereocenters. The van der Waals surface area contributed by atoms with E-state index in [1.54, 1.807) is 24.3 Å². The number of rotatable bonds is 8. The van der Waals surface area contributed by atoms with Gasteiger partial charge < -0.3 is 15.7 Å². The Bertz CT molecular complexity index is 1240. The molecule has 3 aromatic rings. The number of anilines is 2. The molecular weight excluding hydrogens is 418 g/mol. The largest absolute Gasteiger partial charge is 0.396 e. The monoisotopic (exact) mass is 439 g/mol. The average Bonchev–Trinajstić information content (AvgIpc) is 2.74. The minimum atomic E-state index is -4.14. The van der Waals surface area contributed by atoms with Crippen LogP contribution in [0.2, 0.25) is 0 Å². The van der Waals surface area contributed by atoms with Gasteiger partial charge in [-0.2, -0.15) is 5.26 Å². The molecule has 0 aliphatic carbocycles. The molecule has 0 radical (unpaired) electrons. The third-order valence-electron chi connectivity index (χ3n) is 4.40. The first-order valence-electron chi connectivity index (χ1n) is 9.49. The third kappa shape index (κ3) is 4.96. The fourth-order valence-corrected chi connectivity index (χ4v) is 4.34. The predicted molar refractivity (Wildman–Crippen MR) is 116 cm³/mol. The minimum absolute atomic E-state index is 0.00919. The van der Waals surface area contributed by atoms with E-state index in [2.05, 4.69) is 20.6 Å². The molecule has 160 valence electrons. The summed E-state index contributed by atoms with van der Waals surface area (Å²) in [5.74, 6) is -0.104. The number of nitrogens with zero attached hydrogens (tertiary/aromatic N) is 3. The number of nitriles is 1. The number of para-hydroxylation sites is 2. The maximum Gasteiger partial charge on any atom is 0.221 e. The molecule has 0 spiro atoms. The quantitative estimate of drug-likeness (QED) is 0.454. The smallest absolute Gasteiger partial charge is 0.221 e. The van der Waals surface area contributed by atoms with Gasteiger partial charge in [-0.1, -0.05) is 12.1 Å². The van der Waals surface area contributed by atoms with Crippen LogP contribution >= 0.6 is 0 Å². The number of nitrogens with one attached hydrogen (secondary N) is 2. The highest BCUT2D eigenvalue weighted by Crippen LogP contribution is 2.32. The van der Waals surface area contributed by atoms with Crippen LogP contribution in [-0.4, -0.2) is 42.6 Å². The number of amides is 1. The highest BCUT2D eigenvalue weighted by atomic mass is 32.2. The van der Waals surface area contributed by atoms with Crippen LogP contribution in [0.5, 0.6) is 0 Å². The van der Waals surface area contributed by atoms with E-state index in [0.29, 0.717) is 29.7 Å². The summed E-state index contributed by atoms with van der Waals surface area (Å²) in [5, 5.41) is 22.8. The van der Waals surface area contributed by atoms with Crippen molar-refractivity contribution in [2.75, 3.05) is 23.8 Å². The topological polar surface area (TPSA) is 145 Å². The molecule has 0 aliphatic heterocycles. The zero-order valence-electron chi connectivity index (χ0n) is 16.7. The summed E-state index contributed by atoms with van der Waals surface area (Å²) < 4.78 is 26.5. The van der Waals surface area contributed by atoms with E-state index in [1.165, 1.54) is 31.2 Å². The fraction of sp³-hybridized carbons (Fsp3) is 0.238. The van der Waals surface area contributed by atoms with Gasteiger partial charge in [0.1, 0.15) is 5.69 Å². The lowest BCUT2D eigenvalue weighted by Gasteiger charge is -2.16. The van der Waals surface area contributed by atoms with Gasteiger partial charge in [-0.25, -0.2) is 18.4 Å². The first kappa shape index (κ1) is 22.1. The second-order valence-electron chi connectivity index (χ2n) is 6.71. The molecule has 0 unspecified atom stereocenters. The number of hydrogen-bond acceptors (Lipinski definition) is 8. The number of aromatic nitrogens is 2. The lowest BCUT2D eigenvalue weighted by Crippen LogP contribution is -2.18. The summed E-state index contributed by atoms with van der Waals surface area (Å²) in [6, 6.07) is 14.4. The Hall–Kier alpha value is -3.55. The van der Waals surface area contributed by atoms with E-state index in [9.17, 15) is 18.5 Å². The van der Waals surface area contributed by atoms with E-state index in [4.69, 9.17) is 5.11 Å². The fourth-order valence-electron chi connectivity index (χ4n) is 2.96. The van der Waals surface area contributed by atoms with E-state index in [-0.39, 0.29) is 28.9 Å².